The average Bonchev–Trinajstić information content (AvgIpc) is 2.34. The normalized spacial score (nSPS) is 16.0. The lowest BCUT2D eigenvalue weighted by Gasteiger charge is -2.23. The van der Waals surface area contributed by atoms with Gasteiger partial charge in [-0.05, 0) is 36.1 Å². The first-order valence-electron chi connectivity index (χ1n) is 6.55. The standard InChI is InChI=1S/C14H17F6NO/c1-7(2)3-11(22)12(21)8-4-9(13(15,16)17)6-10(5-8)14(18,19)20/h4-7,11-12,22H,3,21H2,1-2H3/t11-,12+/m1/s1. The predicted octanol–water partition coefficient (Wildman–Crippen LogP) is 4.13. The first kappa shape index (κ1) is 18.8. The summed E-state index contributed by atoms with van der Waals surface area (Å²) in [6.45, 7) is 3.51. The Balaban J connectivity index is 3.29. The minimum atomic E-state index is -4.93. The van der Waals surface area contributed by atoms with Crippen molar-refractivity contribution in [3.8, 4) is 0 Å². The molecule has 0 bridgehead atoms. The minimum Gasteiger partial charge on any atom is -0.391 e. The third kappa shape index (κ3) is 4.88. The topological polar surface area (TPSA) is 46.2 Å². The van der Waals surface area contributed by atoms with Crippen LogP contribution in [0.2, 0.25) is 0 Å². The van der Waals surface area contributed by atoms with Crippen molar-refractivity contribution in [1.82, 2.24) is 0 Å². The summed E-state index contributed by atoms with van der Waals surface area (Å²) in [5, 5.41) is 9.84. The van der Waals surface area contributed by atoms with Crippen LogP contribution in [-0.4, -0.2) is 11.2 Å². The van der Waals surface area contributed by atoms with Crippen LogP contribution < -0.4 is 5.73 Å². The van der Waals surface area contributed by atoms with Gasteiger partial charge in [0.15, 0.2) is 0 Å². The quantitative estimate of drug-likeness (QED) is 0.816. The lowest BCUT2D eigenvalue weighted by Crippen LogP contribution is -2.28. The maximum Gasteiger partial charge on any atom is 0.416 e. The Hall–Kier alpha value is -1.28. The van der Waals surface area contributed by atoms with Gasteiger partial charge >= 0.3 is 12.4 Å². The Labute approximate surface area is 123 Å². The van der Waals surface area contributed by atoms with Crippen molar-refractivity contribution in [2.24, 2.45) is 11.7 Å². The summed E-state index contributed by atoms with van der Waals surface area (Å²) in [6.07, 6.45) is -10.9. The largest absolute Gasteiger partial charge is 0.416 e. The van der Waals surface area contributed by atoms with Crippen LogP contribution in [0, 0.1) is 5.92 Å². The molecule has 1 aromatic rings. The molecule has 0 aliphatic heterocycles. The molecular formula is C14H17F6NO. The van der Waals surface area contributed by atoms with Crippen LogP contribution in [0.25, 0.3) is 0 Å². The van der Waals surface area contributed by atoms with Crippen molar-refractivity contribution in [1.29, 1.82) is 0 Å². The van der Waals surface area contributed by atoms with Gasteiger partial charge < -0.3 is 10.8 Å². The van der Waals surface area contributed by atoms with E-state index in [0.717, 1.165) is 0 Å². The van der Waals surface area contributed by atoms with Gasteiger partial charge in [0.1, 0.15) is 0 Å². The fourth-order valence-electron chi connectivity index (χ4n) is 2.02. The molecule has 0 amide bonds. The molecule has 3 N–H and O–H groups in total. The van der Waals surface area contributed by atoms with E-state index in [9.17, 15) is 31.4 Å². The van der Waals surface area contributed by atoms with Gasteiger partial charge in [-0.2, -0.15) is 26.3 Å². The fourth-order valence-corrected chi connectivity index (χ4v) is 2.02. The maximum absolute atomic E-state index is 12.7. The monoisotopic (exact) mass is 329 g/mol. The van der Waals surface area contributed by atoms with E-state index in [1.807, 2.05) is 0 Å². The molecule has 2 nitrogen and oxygen atoms in total. The molecular weight excluding hydrogens is 312 g/mol. The number of alkyl halides is 6. The molecule has 0 saturated carbocycles. The van der Waals surface area contributed by atoms with E-state index in [2.05, 4.69) is 0 Å². The van der Waals surface area contributed by atoms with Gasteiger partial charge in [0, 0.05) is 0 Å². The highest BCUT2D eigenvalue weighted by Gasteiger charge is 2.37. The number of aliphatic hydroxyl groups is 1. The molecule has 2 atom stereocenters. The second-order valence-electron chi connectivity index (χ2n) is 5.56. The second kappa shape index (κ2) is 6.45. The maximum atomic E-state index is 12.7. The van der Waals surface area contributed by atoms with E-state index in [1.54, 1.807) is 13.8 Å². The summed E-state index contributed by atoms with van der Waals surface area (Å²) in [5.41, 5.74) is 2.35. The summed E-state index contributed by atoms with van der Waals surface area (Å²) >= 11 is 0. The van der Waals surface area contributed by atoms with E-state index < -0.39 is 41.2 Å². The molecule has 0 saturated heterocycles. The molecule has 0 aliphatic carbocycles. The fraction of sp³-hybridized carbons (Fsp3) is 0.571. The van der Waals surface area contributed by atoms with E-state index in [4.69, 9.17) is 5.73 Å². The molecule has 0 aromatic heterocycles. The molecule has 0 fully saturated rings. The first-order chi connectivity index (χ1) is 9.82. The lowest BCUT2D eigenvalue weighted by molar-refractivity contribution is -0.143. The van der Waals surface area contributed by atoms with E-state index in [0.29, 0.717) is 12.1 Å². The van der Waals surface area contributed by atoms with Crippen molar-refractivity contribution in [3.63, 3.8) is 0 Å². The Morgan fingerprint density at radius 1 is 0.955 bits per heavy atom. The molecule has 0 spiro atoms. The van der Waals surface area contributed by atoms with Crippen molar-refractivity contribution in [2.45, 2.75) is 44.8 Å². The smallest absolute Gasteiger partial charge is 0.391 e. The Bertz CT molecular complexity index is 477. The summed E-state index contributed by atoms with van der Waals surface area (Å²) in [5.74, 6) is -0.00562. The number of halogens is 6. The summed E-state index contributed by atoms with van der Waals surface area (Å²) in [7, 11) is 0. The van der Waals surface area contributed by atoms with Gasteiger partial charge in [-0.25, -0.2) is 0 Å². The van der Waals surface area contributed by atoms with Crippen molar-refractivity contribution < 1.29 is 31.4 Å². The molecule has 1 aromatic carbocycles. The Morgan fingerprint density at radius 3 is 1.68 bits per heavy atom. The first-order valence-corrected chi connectivity index (χ1v) is 6.55. The lowest BCUT2D eigenvalue weighted by atomic mass is 9.93. The number of hydrogen-bond donors (Lipinski definition) is 2. The van der Waals surface area contributed by atoms with E-state index >= 15 is 0 Å². The number of nitrogens with two attached hydrogens (primary N) is 1. The highest BCUT2D eigenvalue weighted by Crippen LogP contribution is 2.37. The van der Waals surface area contributed by atoms with Crippen molar-refractivity contribution >= 4 is 0 Å². The Kier molecular flexibility index (Phi) is 5.51. The van der Waals surface area contributed by atoms with Crippen LogP contribution in [0.15, 0.2) is 18.2 Å². The summed E-state index contributed by atoms with van der Waals surface area (Å²) < 4.78 is 76.4. The van der Waals surface area contributed by atoms with Crippen molar-refractivity contribution in [2.75, 3.05) is 0 Å². The molecule has 0 radical (unpaired) electrons. The second-order valence-corrected chi connectivity index (χ2v) is 5.56. The molecule has 0 unspecified atom stereocenters. The van der Waals surface area contributed by atoms with Crippen LogP contribution >= 0.6 is 0 Å². The average molecular weight is 329 g/mol. The van der Waals surface area contributed by atoms with Crippen LogP contribution in [-0.2, 0) is 12.4 Å². The highest BCUT2D eigenvalue weighted by atomic mass is 19.4. The molecule has 126 valence electrons. The van der Waals surface area contributed by atoms with Crippen LogP contribution in [0.3, 0.4) is 0 Å². The SMILES string of the molecule is CC(C)C[C@@H](O)[C@@H](N)c1cc(C(F)(F)F)cc(C(F)(F)F)c1. The van der Waals surface area contributed by atoms with Crippen molar-refractivity contribution in [3.05, 3.63) is 34.9 Å². The number of rotatable bonds is 4. The van der Waals surface area contributed by atoms with Crippen LogP contribution in [0.4, 0.5) is 26.3 Å². The molecule has 0 aliphatic rings. The summed E-state index contributed by atoms with van der Waals surface area (Å²) in [6, 6.07) is -0.205. The third-order valence-corrected chi connectivity index (χ3v) is 3.12. The highest BCUT2D eigenvalue weighted by molar-refractivity contribution is 5.35. The van der Waals surface area contributed by atoms with Gasteiger partial charge in [-0.3, -0.25) is 0 Å². The number of benzene rings is 1. The van der Waals surface area contributed by atoms with Gasteiger partial charge in [0.25, 0.3) is 0 Å². The zero-order chi connectivity index (χ0) is 17.3. The van der Waals surface area contributed by atoms with Gasteiger partial charge in [-0.15, -0.1) is 0 Å². The molecule has 1 rings (SSSR count). The summed E-state index contributed by atoms with van der Waals surface area (Å²) in [4.78, 5) is 0. The van der Waals surface area contributed by atoms with Gasteiger partial charge in [-0.1, -0.05) is 13.8 Å². The Morgan fingerprint density at radius 2 is 1.36 bits per heavy atom. The van der Waals surface area contributed by atoms with Crippen LogP contribution in [0.1, 0.15) is 43.0 Å². The zero-order valence-corrected chi connectivity index (χ0v) is 12.0. The zero-order valence-electron chi connectivity index (χ0n) is 12.0. The minimum absolute atomic E-state index is 0.00562. The molecule has 0 heterocycles. The number of aliphatic hydroxyl groups excluding tert-OH is 1. The third-order valence-electron chi connectivity index (χ3n) is 3.12. The predicted molar refractivity (Wildman–Crippen MR) is 68.8 cm³/mol. The van der Waals surface area contributed by atoms with E-state index in [-0.39, 0.29) is 18.4 Å². The number of hydrogen-bond acceptors (Lipinski definition) is 2. The van der Waals surface area contributed by atoms with Gasteiger partial charge in [0.05, 0.1) is 23.3 Å². The van der Waals surface area contributed by atoms with E-state index in [1.165, 1.54) is 0 Å². The molecule has 8 heteroatoms. The van der Waals surface area contributed by atoms with Gasteiger partial charge in [0.2, 0.25) is 0 Å². The molecule has 22 heavy (non-hydrogen) atoms. The van der Waals surface area contributed by atoms with Crippen LogP contribution in [0.5, 0.6) is 0 Å².